The maximum Gasteiger partial charge on any atom is 0.230 e. The molecule has 0 bridgehead atoms. The zero-order valence-electron chi connectivity index (χ0n) is 17.8. The van der Waals surface area contributed by atoms with Crippen LogP contribution >= 0.6 is 0 Å². The maximum absolute atomic E-state index is 14.0. The van der Waals surface area contributed by atoms with Gasteiger partial charge in [0.1, 0.15) is 5.75 Å². The Hall–Kier alpha value is -4.34. The van der Waals surface area contributed by atoms with E-state index in [9.17, 15) is 31.9 Å². The molecule has 2 N–H and O–H groups in total. The molecule has 4 aromatic rings. The fraction of sp³-hybridized carbons (Fsp3) is 0.0800. The number of halogens is 5. The Morgan fingerprint density at radius 1 is 0.829 bits per heavy atom. The molecule has 1 heterocycles. The summed E-state index contributed by atoms with van der Waals surface area (Å²) in [4.78, 5) is 21.2. The van der Waals surface area contributed by atoms with Gasteiger partial charge in [0.05, 0.1) is 24.0 Å². The van der Waals surface area contributed by atoms with Gasteiger partial charge >= 0.3 is 0 Å². The zero-order valence-corrected chi connectivity index (χ0v) is 17.8. The molecule has 0 radical (unpaired) electrons. The number of anilines is 1. The zero-order chi connectivity index (χ0) is 25.1. The lowest BCUT2D eigenvalue weighted by Gasteiger charge is -2.13. The van der Waals surface area contributed by atoms with Crippen LogP contribution in [-0.2, 0) is 17.6 Å². The lowest BCUT2D eigenvalue weighted by atomic mass is 10.1. The minimum atomic E-state index is -2.30. The second kappa shape index (κ2) is 9.88. The minimum absolute atomic E-state index is 0.0368. The van der Waals surface area contributed by atoms with Crippen molar-refractivity contribution in [1.82, 2.24) is 9.97 Å². The van der Waals surface area contributed by atoms with E-state index in [4.69, 9.17) is 0 Å². The Morgan fingerprint density at radius 3 is 2.06 bits per heavy atom. The molecule has 5 nitrogen and oxygen atoms in total. The van der Waals surface area contributed by atoms with Gasteiger partial charge < -0.3 is 10.4 Å². The molecule has 178 valence electrons. The maximum atomic E-state index is 14.0. The van der Waals surface area contributed by atoms with Gasteiger partial charge in [-0.05, 0) is 29.8 Å². The van der Waals surface area contributed by atoms with Gasteiger partial charge in [0.15, 0.2) is 29.1 Å². The van der Waals surface area contributed by atoms with E-state index in [0.717, 1.165) is 5.56 Å². The Labute approximate surface area is 195 Å². The van der Waals surface area contributed by atoms with Crippen molar-refractivity contribution in [3.05, 3.63) is 107 Å². The van der Waals surface area contributed by atoms with Crippen LogP contribution in [0.25, 0.3) is 11.3 Å². The van der Waals surface area contributed by atoms with Gasteiger partial charge in [-0.2, -0.15) is 0 Å². The summed E-state index contributed by atoms with van der Waals surface area (Å²) in [5, 5.41) is 11.9. The quantitative estimate of drug-likeness (QED) is 0.220. The fourth-order valence-electron chi connectivity index (χ4n) is 3.36. The molecule has 0 saturated heterocycles. The van der Waals surface area contributed by atoms with Gasteiger partial charge in [-0.25, -0.2) is 31.9 Å². The number of nitrogens with zero attached hydrogens (tertiary/aromatic N) is 2. The third-order valence-corrected chi connectivity index (χ3v) is 5.12. The van der Waals surface area contributed by atoms with E-state index >= 15 is 0 Å². The molecule has 0 aliphatic rings. The standard InChI is InChI=1S/C25H16F5N3O2/c26-20-16(21(27)23(29)24(30)22(20)28)11-19(35)33-25-17(10-13-4-2-1-3-5-13)32-18(12-31-25)14-6-8-15(34)9-7-14/h1-9,12,34H,10-11H2,(H,31,33,35). The molecule has 1 amide bonds. The van der Waals surface area contributed by atoms with Gasteiger partial charge in [-0.3, -0.25) is 4.79 Å². The predicted molar refractivity (Wildman–Crippen MR) is 117 cm³/mol. The number of carbonyl (C=O) groups excluding carboxylic acids is 1. The van der Waals surface area contributed by atoms with Crippen molar-refractivity contribution in [2.75, 3.05) is 5.32 Å². The van der Waals surface area contributed by atoms with Crippen LogP contribution < -0.4 is 5.32 Å². The summed E-state index contributed by atoms with van der Waals surface area (Å²) in [7, 11) is 0. The molecular formula is C25H16F5N3O2. The molecule has 4 rings (SSSR count). The molecule has 0 aliphatic heterocycles. The van der Waals surface area contributed by atoms with Crippen molar-refractivity contribution < 1.29 is 31.9 Å². The van der Waals surface area contributed by atoms with Crippen LogP contribution in [0.3, 0.4) is 0 Å². The lowest BCUT2D eigenvalue weighted by Crippen LogP contribution is -2.20. The SMILES string of the molecule is O=C(Cc1c(F)c(F)c(F)c(F)c1F)Nc1ncc(-c2ccc(O)cc2)nc1Cc1ccccc1. The first kappa shape index (κ1) is 23.8. The van der Waals surface area contributed by atoms with Crippen LogP contribution in [0.4, 0.5) is 27.8 Å². The number of phenolic OH excluding ortho intramolecular Hbond substituents is 1. The van der Waals surface area contributed by atoms with E-state index in [2.05, 4.69) is 15.3 Å². The van der Waals surface area contributed by atoms with E-state index in [-0.39, 0.29) is 18.0 Å². The number of phenols is 1. The number of nitrogens with one attached hydrogen (secondary N) is 1. The van der Waals surface area contributed by atoms with Crippen LogP contribution in [-0.4, -0.2) is 21.0 Å². The van der Waals surface area contributed by atoms with Crippen molar-refractivity contribution in [3.8, 4) is 17.0 Å². The summed E-state index contributed by atoms with van der Waals surface area (Å²) >= 11 is 0. The van der Waals surface area contributed by atoms with Crippen molar-refractivity contribution in [3.63, 3.8) is 0 Å². The summed E-state index contributed by atoms with van der Waals surface area (Å²) < 4.78 is 68.2. The van der Waals surface area contributed by atoms with E-state index in [1.54, 1.807) is 24.3 Å². The van der Waals surface area contributed by atoms with Crippen molar-refractivity contribution >= 4 is 11.7 Å². The smallest absolute Gasteiger partial charge is 0.230 e. The van der Waals surface area contributed by atoms with Crippen LogP contribution in [0.1, 0.15) is 16.8 Å². The number of benzene rings is 3. The average Bonchev–Trinajstić information content (AvgIpc) is 2.86. The van der Waals surface area contributed by atoms with Crippen LogP contribution in [0.5, 0.6) is 5.75 Å². The lowest BCUT2D eigenvalue weighted by molar-refractivity contribution is -0.115. The molecule has 1 aromatic heterocycles. The third-order valence-electron chi connectivity index (χ3n) is 5.12. The molecule has 0 saturated carbocycles. The normalized spacial score (nSPS) is 10.9. The first-order chi connectivity index (χ1) is 16.7. The molecular weight excluding hydrogens is 469 g/mol. The van der Waals surface area contributed by atoms with Gasteiger partial charge in [-0.1, -0.05) is 30.3 Å². The van der Waals surface area contributed by atoms with Crippen molar-refractivity contribution in [1.29, 1.82) is 0 Å². The molecule has 3 aromatic carbocycles. The molecule has 0 atom stereocenters. The summed E-state index contributed by atoms with van der Waals surface area (Å²) in [6.07, 6.45) is 0.449. The fourth-order valence-corrected chi connectivity index (χ4v) is 3.36. The van der Waals surface area contributed by atoms with Gasteiger partial charge in [0, 0.05) is 17.5 Å². The van der Waals surface area contributed by atoms with E-state index < -0.39 is 47.0 Å². The molecule has 0 spiro atoms. The Kier molecular flexibility index (Phi) is 6.72. The van der Waals surface area contributed by atoms with Crippen LogP contribution in [0, 0.1) is 29.1 Å². The number of hydrogen-bond donors (Lipinski definition) is 2. The molecule has 0 unspecified atom stereocenters. The van der Waals surface area contributed by atoms with Gasteiger partial charge in [-0.15, -0.1) is 0 Å². The van der Waals surface area contributed by atoms with Crippen molar-refractivity contribution in [2.24, 2.45) is 0 Å². The number of amides is 1. The molecule has 10 heteroatoms. The Balaban J connectivity index is 1.66. The number of carbonyl (C=O) groups is 1. The van der Waals surface area contributed by atoms with E-state index in [0.29, 0.717) is 17.0 Å². The molecule has 35 heavy (non-hydrogen) atoms. The second-order valence-corrected chi connectivity index (χ2v) is 7.53. The summed E-state index contributed by atoms with van der Waals surface area (Å²) in [6, 6.07) is 15.2. The number of aromatic hydroxyl groups is 1. The predicted octanol–water partition coefficient (Wildman–Crippen LogP) is 5.32. The van der Waals surface area contributed by atoms with E-state index in [1.165, 1.54) is 18.3 Å². The monoisotopic (exact) mass is 485 g/mol. The highest BCUT2D eigenvalue weighted by molar-refractivity contribution is 5.92. The highest BCUT2D eigenvalue weighted by Gasteiger charge is 2.27. The Morgan fingerprint density at radius 2 is 1.43 bits per heavy atom. The topological polar surface area (TPSA) is 75.1 Å². The van der Waals surface area contributed by atoms with Crippen molar-refractivity contribution in [2.45, 2.75) is 12.8 Å². The summed E-state index contributed by atoms with van der Waals surface area (Å²) in [5.41, 5.74) is 0.919. The molecule has 0 fully saturated rings. The molecule has 0 aliphatic carbocycles. The Bertz CT molecular complexity index is 1370. The summed E-state index contributed by atoms with van der Waals surface area (Å²) in [5.74, 6) is -11.7. The third kappa shape index (κ3) is 5.11. The summed E-state index contributed by atoms with van der Waals surface area (Å²) in [6.45, 7) is 0. The van der Waals surface area contributed by atoms with Gasteiger partial charge in [0.25, 0.3) is 0 Å². The highest BCUT2D eigenvalue weighted by Crippen LogP contribution is 2.26. The number of rotatable bonds is 6. The number of aromatic nitrogens is 2. The largest absolute Gasteiger partial charge is 0.508 e. The first-order valence-corrected chi connectivity index (χ1v) is 10.2. The van der Waals surface area contributed by atoms with Gasteiger partial charge in [0.2, 0.25) is 11.7 Å². The minimum Gasteiger partial charge on any atom is -0.508 e. The first-order valence-electron chi connectivity index (χ1n) is 10.2. The van der Waals surface area contributed by atoms with Crippen LogP contribution in [0.15, 0.2) is 60.8 Å². The average molecular weight is 485 g/mol. The van der Waals surface area contributed by atoms with E-state index in [1.807, 2.05) is 18.2 Å². The second-order valence-electron chi connectivity index (χ2n) is 7.53. The highest BCUT2D eigenvalue weighted by atomic mass is 19.2. The number of hydrogen-bond acceptors (Lipinski definition) is 4. The van der Waals surface area contributed by atoms with Crippen LogP contribution in [0.2, 0.25) is 0 Å².